The van der Waals surface area contributed by atoms with E-state index in [1.54, 1.807) is 0 Å². The van der Waals surface area contributed by atoms with Crippen LogP contribution in [0.5, 0.6) is 5.75 Å². The number of benzene rings is 1. The summed E-state index contributed by atoms with van der Waals surface area (Å²) in [7, 11) is 1.94. The van der Waals surface area contributed by atoms with Gasteiger partial charge in [0.05, 0.1) is 11.0 Å². The van der Waals surface area contributed by atoms with Gasteiger partial charge < -0.3 is 15.5 Å². The van der Waals surface area contributed by atoms with Crippen LogP contribution in [0.25, 0.3) is 33.4 Å². The van der Waals surface area contributed by atoms with Crippen LogP contribution in [-0.2, 0) is 7.05 Å². The van der Waals surface area contributed by atoms with Gasteiger partial charge in [0, 0.05) is 48.9 Å². The first kappa shape index (κ1) is 26.8. The van der Waals surface area contributed by atoms with Crippen LogP contribution < -0.4 is 20.9 Å². The van der Waals surface area contributed by atoms with Crippen molar-refractivity contribution in [1.82, 2.24) is 35.5 Å². The van der Waals surface area contributed by atoms with E-state index in [2.05, 4.69) is 59.2 Å². The molecule has 0 spiro atoms. The highest BCUT2D eigenvalue weighted by molar-refractivity contribution is 5.86. The number of nitrogens with zero attached hydrogens (tertiary/aromatic N) is 5. The minimum Gasteiger partial charge on any atom is -0.492 e. The highest BCUT2D eigenvalue weighted by Crippen LogP contribution is 2.33. The van der Waals surface area contributed by atoms with E-state index in [9.17, 15) is 0 Å². The Morgan fingerprint density at radius 1 is 1.00 bits per heavy atom. The van der Waals surface area contributed by atoms with Gasteiger partial charge in [0.15, 0.2) is 0 Å². The van der Waals surface area contributed by atoms with Crippen molar-refractivity contribution in [2.75, 3.05) is 31.6 Å². The zero-order valence-corrected chi connectivity index (χ0v) is 24.0. The number of likely N-dealkylation sites (tertiary alicyclic amines) is 1. The molecular weight excluding hydrogens is 512 g/mol. The van der Waals surface area contributed by atoms with Crippen LogP contribution >= 0.6 is 0 Å². The van der Waals surface area contributed by atoms with Gasteiger partial charge in [-0.2, -0.15) is 5.10 Å². The van der Waals surface area contributed by atoms with Crippen molar-refractivity contribution >= 4 is 16.9 Å². The number of aryl methyl sites for hydroxylation is 1. The van der Waals surface area contributed by atoms with Crippen LogP contribution in [0.1, 0.15) is 33.1 Å². The lowest BCUT2D eigenvalue weighted by Crippen LogP contribution is -2.33. The smallest absolute Gasteiger partial charge is 0.132 e. The number of hydrogen-bond donors (Lipinski definition) is 3. The highest BCUT2D eigenvalue weighted by Gasteiger charge is 2.15. The van der Waals surface area contributed by atoms with Gasteiger partial charge in [-0.3, -0.25) is 20.0 Å². The number of anilines is 1. The first-order valence-electron chi connectivity index (χ1n) is 14.5. The van der Waals surface area contributed by atoms with Crippen LogP contribution in [0, 0.1) is 5.92 Å². The molecule has 1 aromatic carbocycles. The predicted molar refractivity (Wildman–Crippen MR) is 164 cm³/mol. The minimum atomic E-state index is 0.416. The van der Waals surface area contributed by atoms with Crippen molar-refractivity contribution in [2.24, 2.45) is 13.0 Å². The molecule has 41 heavy (non-hydrogen) atoms. The Labute approximate surface area is 241 Å². The number of piperidine rings is 1. The van der Waals surface area contributed by atoms with E-state index in [-0.39, 0.29) is 0 Å². The van der Waals surface area contributed by atoms with E-state index in [1.165, 1.54) is 37.9 Å². The van der Waals surface area contributed by atoms with Gasteiger partial charge in [0.1, 0.15) is 29.7 Å². The van der Waals surface area contributed by atoms with Crippen molar-refractivity contribution in [3.05, 3.63) is 78.5 Å². The van der Waals surface area contributed by atoms with E-state index < -0.39 is 0 Å². The Hall–Kier alpha value is -4.37. The molecule has 3 aromatic heterocycles. The number of ether oxygens (including phenoxy) is 1. The molecule has 4 aromatic rings. The van der Waals surface area contributed by atoms with E-state index in [4.69, 9.17) is 19.8 Å². The second-order valence-electron chi connectivity index (χ2n) is 11.1. The topological polar surface area (TPSA) is 92.2 Å². The molecule has 9 nitrogen and oxygen atoms in total. The molecule has 1 fully saturated rings. The summed E-state index contributed by atoms with van der Waals surface area (Å²) in [5.74, 6) is 2.89. The summed E-state index contributed by atoms with van der Waals surface area (Å²) < 4.78 is 7.89. The Morgan fingerprint density at radius 2 is 1.83 bits per heavy atom. The van der Waals surface area contributed by atoms with E-state index in [0.717, 1.165) is 57.4 Å². The van der Waals surface area contributed by atoms with Crippen molar-refractivity contribution in [3.63, 3.8) is 0 Å². The quantitative estimate of drug-likeness (QED) is 0.253. The summed E-state index contributed by atoms with van der Waals surface area (Å²) in [6.07, 6.45) is 11.9. The standard InChI is InChI=1S/C32H38N8O/c1-22(2)24-18-31(37-34-20-24)36-30-12-11-28-29(35-30)17-25(19-33-28)27-21-39(3)38-32(27)23-7-9-26(10-8-23)41-16-15-40-13-5-4-6-14-40/h7-12,17-22,34,37H,4-6,13-16H2,1-3H3,(H,35,36). The van der Waals surface area contributed by atoms with E-state index >= 15 is 0 Å². The van der Waals surface area contributed by atoms with Gasteiger partial charge >= 0.3 is 0 Å². The van der Waals surface area contributed by atoms with E-state index in [0.29, 0.717) is 12.5 Å². The molecule has 0 saturated carbocycles. The van der Waals surface area contributed by atoms with Gasteiger partial charge in [0.2, 0.25) is 0 Å². The van der Waals surface area contributed by atoms with Crippen LogP contribution in [0.3, 0.4) is 0 Å². The van der Waals surface area contributed by atoms with Gasteiger partial charge in [0.25, 0.3) is 0 Å². The Morgan fingerprint density at radius 3 is 2.63 bits per heavy atom. The highest BCUT2D eigenvalue weighted by atomic mass is 16.5. The normalized spacial score (nSPS) is 15.7. The summed E-state index contributed by atoms with van der Waals surface area (Å²) >= 11 is 0. The molecule has 1 saturated heterocycles. The van der Waals surface area contributed by atoms with Crippen LogP contribution in [0.15, 0.2) is 78.5 Å². The third kappa shape index (κ3) is 6.36. The predicted octanol–water partition coefficient (Wildman–Crippen LogP) is 5.46. The van der Waals surface area contributed by atoms with Crippen molar-refractivity contribution in [2.45, 2.75) is 33.1 Å². The molecule has 2 aliphatic rings. The number of nitrogens with one attached hydrogen (secondary N) is 3. The molecule has 2 aliphatic heterocycles. The lowest BCUT2D eigenvalue weighted by atomic mass is 10.0. The molecule has 0 aliphatic carbocycles. The van der Waals surface area contributed by atoms with Crippen LogP contribution in [0.4, 0.5) is 5.82 Å². The largest absolute Gasteiger partial charge is 0.492 e. The Balaban J connectivity index is 1.19. The number of pyridine rings is 2. The first-order valence-corrected chi connectivity index (χ1v) is 14.5. The summed E-state index contributed by atoms with van der Waals surface area (Å²) in [5, 5.41) is 8.16. The zero-order chi connectivity index (χ0) is 28.2. The summed E-state index contributed by atoms with van der Waals surface area (Å²) in [4.78, 5) is 12.1. The van der Waals surface area contributed by atoms with Gasteiger partial charge in [-0.1, -0.05) is 20.3 Å². The van der Waals surface area contributed by atoms with Gasteiger partial charge in [-0.25, -0.2) is 4.98 Å². The molecule has 212 valence electrons. The van der Waals surface area contributed by atoms with Crippen LogP contribution in [-0.4, -0.2) is 50.9 Å². The monoisotopic (exact) mass is 550 g/mol. The maximum Gasteiger partial charge on any atom is 0.132 e. The van der Waals surface area contributed by atoms with Gasteiger partial charge in [-0.15, -0.1) is 0 Å². The van der Waals surface area contributed by atoms with Crippen molar-refractivity contribution in [1.29, 1.82) is 0 Å². The fraction of sp³-hybridized carbons (Fsp3) is 0.344. The second kappa shape index (κ2) is 12.0. The molecule has 6 rings (SSSR count). The molecule has 3 N–H and O–H groups in total. The first-order chi connectivity index (χ1) is 20.0. The molecule has 0 atom stereocenters. The third-order valence-electron chi connectivity index (χ3n) is 7.62. The zero-order valence-electron chi connectivity index (χ0n) is 24.0. The van der Waals surface area contributed by atoms with Crippen molar-refractivity contribution in [3.8, 4) is 28.1 Å². The van der Waals surface area contributed by atoms with E-state index in [1.807, 2.05) is 54.6 Å². The average Bonchev–Trinajstić information content (AvgIpc) is 3.39. The lowest BCUT2D eigenvalue weighted by Gasteiger charge is -2.26. The number of rotatable bonds is 9. The molecular formula is C32H38N8O. The van der Waals surface area contributed by atoms with Gasteiger partial charge in [-0.05, 0) is 86.0 Å². The maximum absolute atomic E-state index is 6.04. The van der Waals surface area contributed by atoms with Crippen molar-refractivity contribution < 1.29 is 4.74 Å². The summed E-state index contributed by atoms with van der Waals surface area (Å²) in [5.41, 5.74) is 13.0. The molecule has 0 radical (unpaired) electrons. The second-order valence-corrected chi connectivity index (χ2v) is 11.1. The van der Waals surface area contributed by atoms with Crippen LogP contribution in [0.2, 0.25) is 0 Å². The maximum atomic E-state index is 6.04. The summed E-state index contributed by atoms with van der Waals surface area (Å²) in [6, 6.07) is 14.2. The SMILES string of the molecule is CC(C)C1=CNNC(Nc2ccc3ncc(-c4cn(C)nc4-c4ccc(OCCN5CCCCC5)cc4)cc3n2)=C1. The average molecular weight is 551 g/mol. The number of hydrazine groups is 1. The summed E-state index contributed by atoms with van der Waals surface area (Å²) in [6.45, 7) is 8.39. The number of allylic oxidation sites excluding steroid dienone is 2. The molecule has 9 heteroatoms. The Bertz CT molecular complexity index is 1560. The minimum absolute atomic E-state index is 0.416. The third-order valence-corrected chi connectivity index (χ3v) is 7.62. The lowest BCUT2D eigenvalue weighted by molar-refractivity contribution is 0.183. The number of fused-ring (bicyclic) bond motifs is 1. The fourth-order valence-electron chi connectivity index (χ4n) is 5.30. The molecule has 0 unspecified atom stereocenters. The number of aromatic nitrogens is 4. The molecule has 0 amide bonds. The molecule has 0 bridgehead atoms. The number of hydrogen-bond acceptors (Lipinski definition) is 8. The molecule has 5 heterocycles. The Kier molecular flexibility index (Phi) is 7.86. The fourth-order valence-corrected chi connectivity index (χ4v) is 5.30.